The van der Waals surface area contributed by atoms with E-state index in [-0.39, 0.29) is 0 Å². The lowest BCUT2D eigenvalue weighted by Gasteiger charge is -2.31. The second kappa shape index (κ2) is 4.79. The summed E-state index contributed by atoms with van der Waals surface area (Å²) in [6.45, 7) is 4.34. The number of hydrogen-bond donors (Lipinski definition) is 1. The van der Waals surface area contributed by atoms with Crippen molar-refractivity contribution >= 4 is 11.6 Å². The van der Waals surface area contributed by atoms with Crippen LogP contribution in [0.5, 0.6) is 0 Å². The van der Waals surface area contributed by atoms with Gasteiger partial charge in [0.2, 0.25) is 0 Å². The Morgan fingerprint density at radius 1 is 1.44 bits per heavy atom. The van der Waals surface area contributed by atoms with E-state index in [2.05, 4.69) is 27.1 Å². The normalized spacial score (nSPS) is 16.9. The van der Waals surface area contributed by atoms with Crippen molar-refractivity contribution in [3.05, 3.63) is 12.4 Å². The Morgan fingerprint density at radius 3 is 2.88 bits per heavy atom. The average Bonchev–Trinajstić information content (AvgIpc) is 2.31. The summed E-state index contributed by atoms with van der Waals surface area (Å²) in [7, 11) is 0. The molecule has 2 rings (SSSR count). The molecular weight excluding hydrogens is 202 g/mol. The Bertz CT molecular complexity index is 390. The van der Waals surface area contributed by atoms with Gasteiger partial charge in [0, 0.05) is 19.2 Å². The SMILES string of the molecule is CC1CCN(c2cc(NC#N)ncn2)CC1. The van der Waals surface area contributed by atoms with Crippen molar-refractivity contribution in [3.63, 3.8) is 0 Å². The first-order chi connectivity index (χ1) is 7.79. The third-order valence-corrected chi connectivity index (χ3v) is 2.94. The summed E-state index contributed by atoms with van der Waals surface area (Å²) >= 11 is 0. The van der Waals surface area contributed by atoms with Crippen LogP contribution in [-0.2, 0) is 0 Å². The second-order valence-corrected chi connectivity index (χ2v) is 4.17. The lowest BCUT2D eigenvalue weighted by molar-refractivity contribution is 0.436. The molecule has 16 heavy (non-hydrogen) atoms. The Hall–Kier alpha value is -1.83. The first-order valence-corrected chi connectivity index (χ1v) is 5.51. The van der Waals surface area contributed by atoms with Gasteiger partial charge in [-0.3, -0.25) is 5.32 Å². The van der Waals surface area contributed by atoms with Crippen LogP contribution in [0.4, 0.5) is 11.6 Å². The van der Waals surface area contributed by atoms with E-state index in [0.717, 1.165) is 24.8 Å². The Kier molecular flexibility index (Phi) is 3.20. The number of piperidine rings is 1. The molecule has 1 aromatic rings. The largest absolute Gasteiger partial charge is 0.356 e. The lowest BCUT2D eigenvalue weighted by atomic mass is 9.99. The zero-order valence-electron chi connectivity index (χ0n) is 9.35. The first-order valence-electron chi connectivity index (χ1n) is 5.51. The van der Waals surface area contributed by atoms with Crippen molar-refractivity contribution in [2.24, 2.45) is 5.92 Å². The molecule has 1 aliphatic rings. The number of rotatable bonds is 2. The van der Waals surface area contributed by atoms with E-state index < -0.39 is 0 Å². The van der Waals surface area contributed by atoms with E-state index in [1.807, 2.05) is 12.3 Å². The van der Waals surface area contributed by atoms with Gasteiger partial charge in [-0.05, 0) is 18.8 Å². The molecule has 1 aromatic heterocycles. The Balaban J connectivity index is 2.09. The standard InChI is InChI=1S/C11H15N5/c1-9-2-4-16(5-3-9)11-6-10(13-7-12)14-8-15-11/h6,8-9H,2-5H2,1H3,(H,13,14,15). The fourth-order valence-corrected chi connectivity index (χ4v) is 1.88. The van der Waals surface area contributed by atoms with Gasteiger partial charge in [0.05, 0.1) is 0 Å². The van der Waals surface area contributed by atoms with Crippen LogP contribution in [0.1, 0.15) is 19.8 Å². The summed E-state index contributed by atoms with van der Waals surface area (Å²) in [5.41, 5.74) is 0. The molecule has 0 spiro atoms. The molecule has 1 aliphatic heterocycles. The van der Waals surface area contributed by atoms with Gasteiger partial charge >= 0.3 is 0 Å². The minimum Gasteiger partial charge on any atom is -0.356 e. The van der Waals surface area contributed by atoms with Crippen LogP contribution >= 0.6 is 0 Å². The monoisotopic (exact) mass is 217 g/mol. The van der Waals surface area contributed by atoms with Gasteiger partial charge in [-0.15, -0.1) is 0 Å². The maximum Gasteiger partial charge on any atom is 0.182 e. The number of hydrogen-bond acceptors (Lipinski definition) is 5. The van der Waals surface area contributed by atoms with Crippen LogP contribution in [-0.4, -0.2) is 23.1 Å². The molecule has 0 atom stereocenters. The molecule has 0 radical (unpaired) electrons. The molecule has 0 unspecified atom stereocenters. The number of anilines is 2. The topological polar surface area (TPSA) is 64.8 Å². The summed E-state index contributed by atoms with van der Waals surface area (Å²) in [5, 5.41) is 11.0. The molecule has 0 bridgehead atoms. The molecule has 5 heteroatoms. The Morgan fingerprint density at radius 2 is 2.19 bits per heavy atom. The minimum atomic E-state index is 0.561. The molecule has 0 amide bonds. The van der Waals surface area contributed by atoms with Crippen molar-refractivity contribution < 1.29 is 0 Å². The average molecular weight is 217 g/mol. The van der Waals surface area contributed by atoms with E-state index in [1.54, 1.807) is 0 Å². The van der Waals surface area contributed by atoms with Gasteiger partial charge in [-0.25, -0.2) is 9.97 Å². The summed E-state index contributed by atoms with van der Waals surface area (Å²) < 4.78 is 0. The van der Waals surface area contributed by atoms with Gasteiger partial charge in [-0.2, -0.15) is 5.26 Å². The molecule has 1 saturated heterocycles. The van der Waals surface area contributed by atoms with Crippen molar-refractivity contribution in [3.8, 4) is 6.19 Å². The van der Waals surface area contributed by atoms with Gasteiger partial charge in [-0.1, -0.05) is 6.92 Å². The van der Waals surface area contributed by atoms with Crippen molar-refractivity contribution in [2.75, 3.05) is 23.3 Å². The summed E-state index contributed by atoms with van der Waals surface area (Å²) in [4.78, 5) is 10.4. The maximum atomic E-state index is 8.52. The predicted molar refractivity (Wildman–Crippen MR) is 61.9 cm³/mol. The summed E-state index contributed by atoms with van der Waals surface area (Å²) in [5.74, 6) is 2.26. The molecule has 0 aliphatic carbocycles. The van der Waals surface area contributed by atoms with Gasteiger partial charge in [0.25, 0.3) is 0 Å². The highest BCUT2D eigenvalue weighted by molar-refractivity contribution is 5.50. The smallest absolute Gasteiger partial charge is 0.182 e. The maximum absolute atomic E-state index is 8.52. The molecule has 5 nitrogen and oxygen atoms in total. The third-order valence-electron chi connectivity index (χ3n) is 2.94. The van der Waals surface area contributed by atoms with Gasteiger partial charge in [0.15, 0.2) is 6.19 Å². The number of nitrogens with one attached hydrogen (secondary N) is 1. The van der Waals surface area contributed by atoms with Crippen molar-refractivity contribution in [1.29, 1.82) is 5.26 Å². The second-order valence-electron chi connectivity index (χ2n) is 4.17. The molecule has 0 aromatic carbocycles. The highest BCUT2D eigenvalue weighted by Crippen LogP contribution is 2.22. The van der Waals surface area contributed by atoms with E-state index in [1.165, 1.54) is 19.2 Å². The molecule has 2 heterocycles. The number of nitrogens with zero attached hydrogens (tertiary/aromatic N) is 4. The van der Waals surface area contributed by atoms with E-state index in [9.17, 15) is 0 Å². The van der Waals surface area contributed by atoms with Gasteiger partial charge in [0.1, 0.15) is 18.0 Å². The molecule has 84 valence electrons. The lowest BCUT2D eigenvalue weighted by Crippen LogP contribution is -2.33. The highest BCUT2D eigenvalue weighted by Gasteiger charge is 2.17. The van der Waals surface area contributed by atoms with E-state index in [0.29, 0.717) is 5.82 Å². The van der Waals surface area contributed by atoms with Gasteiger partial charge < -0.3 is 4.90 Å². The fourth-order valence-electron chi connectivity index (χ4n) is 1.88. The van der Waals surface area contributed by atoms with Crippen molar-refractivity contribution in [2.45, 2.75) is 19.8 Å². The molecule has 0 saturated carbocycles. The van der Waals surface area contributed by atoms with E-state index >= 15 is 0 Å². The third kappa shape index (κ3) is 2.40. The quantitative estimate of drug-likeness (QED) is 0.602. The van der Waals surface area contributed by atoms with Crippen LogP contribution in [0.15, 0.2) is 12.4 Å². The number of nitriles is 1. The predicted octanol–water partition coefficient (Wildman–Crippen LogP) is 1.61. The zero-order chi connectivity index (χ0) is 11.4. The fraction of sp³-hybridized carbons (Fsp3) is 0.545. The van der Waals surface area contributed by atoms with E-state index in [4.69, 9.17) is 5.26 Å². The summed E-state index contributed by atoms with van der Waals surface area (Å²) in [6.07, 6.45) is 5.75. The van der Waals surface area contributed by atoms with Crippen LogP contribution in [0.25, 0.3) is 0 Å². The van der Waals surface area contributed by atoms with Crippen LogP contribution < -0.4 is 10.2 Å². The minimum absolute atomic E-state index is 0.561. The Labute approximate surface area is 95.1 Å². The number of aromatic nitrogens is 2. The van der Waals surface area contributed by atoms with Crippen molar-refractivity contribution in [1.82, 2.24) is 9.97 Å². The zero-order valence-corrected chi connectivity index (χ0v) is 9.35. The van der Waals surface area contributed by atoms with Crippen LogP contribution in [0.3, 0.4) is 0 Å². The molecular formula is C11H15N5. The highest BCUT2D eigenvalue weighted by atomic mass is 15.2. The molecule has 1 fully saturated rings. The first kappa shape index (κ1) is 10.7. The summed E-state index contributed by atoms with van der Waals surface area (Å²) in [6, 6.07) is 1.82. The van der Waals surface area contributed by atoms with Crippen LogP contribution in [0.2, 0.25) is 0 Å². The van der Waals surface area contributed by atoms with Crippen LogP contribution in [0, 0.1) is 17.4 Å². The molecule has 1 N–H and O–H groups in total.